The van der Waals surface area contributed by atoms with Crippen molar-refractivity contribution in [2.45, 2.75) is 77.0 Å². The van der Waals surface area contributed by atoms with Crippen LogP contribution in [-0.4, -0.2) is 112 Å². The van der Waals surface area contributed by atoms with Gasteiger partial charge in [0.15, 0.2) is 5.82 Å². The number of imide groups is 1. The highest BCUT2D eigenvalue weighted by molar-refractivity contribution is 6.05. The number of rotatable bonds is 19. The molecule has 18 nitrogen and oxygen atoms in total. The molecule has 1 aliphatic heterocycles. The van der Waals surface area contributed by atoms with Crippen LogP contribution < -0.4 is 20.9 Å². The molecule has 0 spiro atoms. The third-order valence-corrected chi connectivity index (χ3v) is 9.09. The van der Waals surface area contributed by atoms with Crippen LogP contribution in [0.25, 0.3) is 5.65 Å². The first-order chi connectivity index (χ1) is 26.2. The van der Waals surface area contributed by atoms with Crippen molar-refractivity contribution < 1.29 is 38.1 Å². The number of aromatic amines is 1. The van der Waals surface area contributed by atoms with Gasteiger partial charge in [-0.15, -0.1) is 0 Å². The van der Waals surface area contributed by atoms with Crippen molar-refractivity contribution in [2.75, 3.05) is 56.4 Å². The molecule has 4 aromatic rings. The summed E-state index contributed by atoms with van der Waals surface area (Å²) in [6.45, 7) is 7.39. The molecule has 2 atom stereocenters. The number of pyridine rings is 1. The normalized spacial score (nSPS) is 17.4. The number of urea groups is 1. The molecule has 1 aliphatic carbocycles. The number of anilines is 2. The second kappa shape index (κ2) is 18.6. The summed E-state index contributed by atoms with van der Waals surface area (Å²) in [5, 5.41) is 19.4. The van der Waals surface area contributed by atoms with Crippen molar-refractivity contribution >= 4 is 41.2 Å². The van der Waals surface area contributed by atoms with Crippen molar-refractivity contribution in [2.24, 2.45) is 0 Å². The SMILES string of the molecule is CC(C)NC(=O)O[C@@H]1CC[C@H](c2cc(NC(=O)c3cnn(CCOCCOCCOCCCc4ccn5c(N6CCC(=O)NC6=O)cnc5c4)c3)n[nH]2)C1. The predicted molar refractivity (Wildman–Crippen MR) is 195 cm³/mol. The summed E-state index contributed by atoms with van der Waals surface area (Å²) >= 11 is 0. The quantitative estimate of drug-likeness (QED) is 0.102. The fourth-order valence-electron chi connectivity index (χ4n) is 6.38. The maximum absolute atomic E-state index is 12.8. The molecule has 4 aromatic heterocycles. The lowest BCUT2D eigenvalue weighted by Crippen LogP contribution is -2.50. The number of fused-ring (bicyclic) bond motifs is 1. The Labute approximate surface area is 312 Å². The Morgan fingerprint density at radius 3 is 2.61 bits per heavy atom. The highest BCUT2D eigenvalue weighted by Crippen LogP contribution is 2.36. The Hall–Kier alpha value is -5.33. The highest BCUT2D eigenvalue weighted by atomic mass is 16.6. The third-order valence-electron chi connectivity index (χ3n) is 9.09. The van der Waals surface area contributed by atoms with Crippen LogP contribution in [0.5, 0.6) is 0 Å². The monoisotopic (exact) mass is 748 g/mol. The van der Waals surface area contributed by atoms with Gasteiger partial charge < -0.3 is 29.6 Å². The van der Waals surface area contributed by atoms with E-state index in [9.17, 15) is 19.2 Å². The Kier molecular flexibility index (Phi) is 13.2. The summed E-state index contributed by atoms with van der Waals surface area (Å²) in [4.78, 5) is 54.3. The van der Waals surface area contributed by atoms with E-state index in [0.717, 1.165) is 42.6 Å². The Morgan fingerprint density at radius 1 is 1.02 bits per heavy atom. The van der Waals surface area contributed by atoms with Gasteiger partial charge in [0.1, 0.15) is 17.6 Å². The van der Waals surface area contributed by atoms with Crippen LogP contribution in [0.4, 0.5) is 21.2 Å². The van der Waals surface area contributed by atoms with Crippen LogP contribution in [0.1, 0.15) is 73.5 Å². The first kappa shape index (κ1) is 38.4. The van der Waals surface area contributed by atoms with Crippen LogP contribution in [0.15, 0.2) is 43.0 Å². The van der Waals surface area contributed by atoms with Crippen LogP contribution in [-0.2, 0) is 36.7 Å². The molecule has 2 fully saturated rings. The minimum Gasteiger partial charge on any atom is -0.446 e. The van der Waals surface area contributed by atoms with Gasteiger partial charge in [0, 0.05) is 55.7 Å². The maximum Gasteiger partial charge on any atom is 0.407 e. The molecule has 2 aliphatic rings. The summed E-state index contributed by atoms with van der Waals surface area (Å²) in [6, 6.07) is 5.39. The number of ether oxygens (including phenoxy) is 4. The number of aryl methyl sites for hydroxylation is 1. The van der Waals surface area contributed by atoms with Gasteiger partial charge >= 0.3 is 12.1 Å². The average Bonchev–Trinajstić information content (AvgIpc) is 3.96. The lowest BCUT2D eigenvalue weighted by atomic mass is 10.0. The molecule has 4 N–H and O–H groups in total. The Morgan fingerprint density at radius 2 is 1.81 bits per heavy atom. The summed E-state index contributed by atoms with van der Waals surface area (Å²) in [6.07, 6.45) is 10.4. The van der Waals surface area contributed by atoms with Gasteiger partial charge in [-0.1, -0.05) is 0 Å². The van der Waals surface area contributed by atoms with Crippen LogP contribution in [0.3, 0.4) is 0 Å². The fourth-order valence-corrected chi connectivity index (χ4v) is 6.38. The number of carbonyl (C=O) groups excluding carboxylic acids is 4. The molecule has 18 heteroatoms. The zero-order chi connectivity index (χ0) is 37.9. The first-order valence-corrected chi connectivity index (χ1v) is 18.4. The standard InChI is InChI=1S/C36H48N10O8/c1-24(2)39-36(50)54-28-6-5-26(19-28)29-20-30(43-42-29)40-34(48)27-21-38-44(23-27)11-13-52-15-17-53-16-14-51-12-3-4-25-7-9-45-31(18-25)37-22-33(45)46-10-8-32(47)41-35(46)49/h7,9,18,20-24,26,28H,3-6,8,10-17,19H2,1-2H3,(H,39,50)(H,41,47,49)(H2,40,42,43,48)/t26-,28+/m0/s1. The minimum absolute atomic E-state index is 0.0200. The van der Waals surface area contributed by atoms with Gasteiger partial charge in [0.25, 0.3) is 5.91 Å². The van der Waals surface area contributed by atoms with E-state index in [1.54, 1.807) is 17.1 Å². The number of amides is 5. The third kappa shape index (κ3) is 10.6. The molecule has 290 valence electrons. The number of nitrogens with one attached hydrogen (secondary N) is 4. The molecule has 1 saturated heterocycles. The van der Waals surface area contributed by atoms with E-state index in [0.29, 0.717) is 76.4 Å². The molecule has 0 unspecified atom stereocenters. The molecule has 5 heterocycles. The molecule has 0 radical (unpaired) electrons. The Balaban J connectivity index is 0.782. The number of alkyl carbamates (subject to hydrolysis) is 1. The zero-order valence-corrected chi connectivity index (χ0v) is 30.6. The van der Waals surface area contributed by atoms with E-state index in [4.69, 9.17) is 18.9 Å². The van der Waals surface area contributed by atoms with Gasteiger partial charge in [0.2, 0.25) is 5.91 Å². The number of imidazole rings is 1. The number of hydrogen-bond acceptors (Lipinski definition) is 11. The molecule has 5 amide bonds. The van der Waals surface area contributed by atoms with Crippen LogP contribution >= 0.6 is 0 Å². The summed E-state index contributed by atoms with van der Waals surface area (Å²) in [5.74, 6) is 0.632. The molecular weight excluding hydrogens is 700 g/mol. The minimum atomic E-state index is -0.436. The lowest BCUT2D eigenvalue weighted by molar-refractivity contribution is -0.120. The molecular formula is C36H48N10O8. The molecule has 0 bridgehead atoms. The molecule has 6 rings (SSSR count). The first-order valence-electron chi connectivity index (χ1n) is 18.4. The zero-order valence-electron chi connectivity index (χ0n) is 30.6. The van der Waals surface area contributed by atoms with E-state index in [1.807, 2.05) is 42.6 Å². The fraction of sp³-hybridized carbons (Fsp3) is 0.528. The number of nitrogens with zero attached hydrogens (tertiary/aromatic N) is 6. The van der Waals surface area contributed by atoms with Crippen LogP contribution in [0, 0.1) is 0 Å². The van der Waals surface area contributed by atoms with Gasteiger partial charge in [0.05, 0.1) is 57.5 Å². The smallest absolute Gasteiger partial charge is 0.407 e. The number of aromatic nitrogens is 6. The van der Waals surface area contributed by atoms with Gasteiger partial charge in [-0.2, -0.15) is 10.2 Å². The van der Waals surface area contributed by atoms with Crippen molar-refractivity contribution in [1.82, 2.24) is 40.0 Å². The summed E-state index contributed by atoms with van der Waals surface area (Å²) in [5.41, 5.74) is 3.15. The van der Waals surface area contributed by atoms with Crippen molar-refractivity contribution in [3.05, 3.63) is 59.8 Å². The van der Waals surface area contributed by atoms with E-state index in [2.05, 4.69) is 36.2 Å². The molecule has 54 heavy (non-hydrogen) atoms. The number of hydrogen-bond donors (Lipinski definition) is 4. The number of H-pyrrole nitrogens is 1. The highest BCUT2D eigenvalue weighted by Gasteiger charge is 2.30. The summed E-state index contributed by atoms with van der Waals surface area (Å²) < 4.78 is 26.0. The second-order valence-electron chi connectivity index (χ2n) is 13.6. The van der Waals surface area contributed by atoms with E-state index < -0.39 is 12.1 Å². The van der Waals surface area contributed by atoms with E-state index in [-0.39, 0.29) is 36.3 Å². The van der Waals surface area contributed by atoms with Crippen molar-refractivity contribution in [3.8, 4) is 0 Å². The predicted octanol–water partition coefficient (Wildman–Crippen LogP) is 3.41. The summed E-state index contributed by atoms with van der Waals surface area (Å²) in [7, 11) is 0. The van der Waals surface area contributed by atoms with E-state index >= 15 is 0 Å². The van der Waals surface area contributed by atoms with Gasteiger partial charge in [-0.25, -0.2) is 14.6 Å². The molecule has 0 aromatic carbocycles. The lowest BCUT2D eigenvalue weighted by Gasteiger charge is -2.25. The maximum atomic E-state index is 12.8. The molecule has 1 saturated carbocycles. The largest absolute Gasteiger partial charge is 0.446 e. The average molecular weight is 749 g/mol. The van der Waals surface area contributed by atoms with Crippen molar-refractivity contribution in [1.29, 1.82) is 0 Å². The topological polar surface area (TPSA) is 208 Å². The van der Waals surface area contributed by atoms with Crippen LogP contribution in [0.2, 0.25) is 0 Å². The van der Waals surface area contributed by atoms with E-state index in [1.165, 1.54) is 11.1 Å². The van der Waals surface area contributed by atoms with Crippen molar-refractivity contribution in [3.63, 3.8) is 0 Å². The van der Waals surface area contributed by atoms with Gasteiger partial charge in [-0.05, 0) is 63.6 Å². The van der Waals surface area contributed by atoms with Gasteiger partial charge in [-0.3, -0.25) is 34.0 Å². The second-order valence-corrected chi connectivity index (χ2v) is 13.6. The Bertz CT molecular complexity index is 1890. The number of carbonyl (C=O) groups is 4.